The molecule has 2 fully saturated rings. The number of rotatable bonds is 8. The van der Waals surface area contributed by atoms with Gasteiger partial charge in [-0.25, -0.2) is 14.4 Å². The van der Waals surface area contributed by atoms with E-state index in [9.17, 15) is 4.79 Å². The Morgan fingerprint density at radius 3 is 2.56 bits per heavy atom. The van der Waals surface area contributed by atoms with E-state index in [-0.39, 0.29) is 23.8 Å². The van der Waals surface area contributed by atoms with E-state index in [1.54, 1.807) is 42.6 Å². The predicted octanol–water partition coefficient (Wildman–Crippen LogP) is 8.11. The van der Waals surface area contributed by atoms with Gasteiger partial charge in [0, 0.05) is 22.7 Å². The van der Waals surface area contributed by atoms with Crippen molar-refractivity contribution in [3.05, 3.63) is 113 Å². The molecule has 13 heteroatoms. The molecule has 1 amide bonds. The summed E-state index contributed by atoms with van der Waals surface area (Å²) in [5, 5.41) is 10.5. The van der Waals surface area contributed by atoms with Crippen molar-refractivity contribution in [3.63, 3.8) is 0 Å². The van der Waals surface area contributed by atoms with Crippen LogP contribution in [0.2, 0.25) is 5.02 Å². The number of carbonyl (C=O) groups excluding carboxylic acids is 1. The summed E-state index contributed by atoms with van der Waals surface area (Å²) in [5.74, 6) is 0.747. The summed E-state index contributed by atoms with van der Waals surface area (Å²) in [6.07, 6.45) is 5.23. The fraction of sp³-hybridized carbons (Fsp3) is 0.308. The zero-order chi connectivity index (χ0) is 36.0. The van der Waals surface area contributed by atoms with E-state index in [4.69, 9.17) is 30.8 Å². The molecule has 6 aromatic rings. The summed E-state index contributed by atoms with van der Waals surface area (Å²) < 4.78 is 35.4. The minimum atomic E-state index is -0.472. The highest BCUT2D eigenvalue weighted by atomic mass is 35.5. The molecule has 4 heterocycles. The topological polar surface area (TPSA) is 129 Å². The highest BCUT2D eigenvalue weighted by Gasteiger charge is 2.31. The summed E-state index contributed by atoms with van der Waals surface area (Å²) in [7, 11) is 0. The average molecular weight is 724 g/mol. The lowest BCUT2D eigenvalue weighted by Crippen LogP contribution is -2.40. The Labute approximate surface area is 305 Å². The number of ether oxygens (including phenoxy) is 3. The van der Waals surface area contributed by atoms with Crippen LogP contribution in [0.3, 0.4) is 0 Å². The van der Waals surface area contributed by atoms with Crippen molar-refractivity contribution in [2.75, 3.05) is 13.2 Å². The van der Waals surface area contributed by atoms with Gasteiger partial charge < -0.3 is 24.1 Å². The van der Waals surface area contributed by atoms with E-state index in [2.05, 4.69) is 30.0 Å². The molecule has 0 spiro atoms. The maximum absolute atomic E-state index is 15.2. The Hall–Kier alpha value is -5.17. The molecule has 0 bridgehead atoms. The number of hydrogen-bond donors (Lipinski definition) is 2. The number of nitrogens with zero attached hydrogens (tertiary/aromatic N) is 5. The Morgan fingerprint density at radius 2 is 1.79 bits per heavy atom. The minimum absolute atomic E-state index is 0.0946. The van der Waals surface area contributed by atoms with Gasteiger partial charge in [0.25, 0.3) is 5.91 Å². The number of carbonyl (C=O) groups is 1. The van der Waals surface area contributed by atoms with Crippen LogP contribution in [-0.4, -0.2) is 61.0 Å². The molecule has 1 aliphatic carbocycles. The zero-order valence-corrected chi connectivity index (χ0v) is 29.6. The van der Waals surface area contributed by atoms with Gasteiger partial charge in [-0.15, -0.1) is 0 Å². The van der Waals surface area contributed by atoms with Crippen LogP contribution in [0.4, 0.5) is 4.39 Å². The molecule has 268 valence electrons. The summed E-state index contributed by atoms with van der Waals surface area (Å²) in [5.41, 5.74) is 3.66. The number of benzene rings is 3. The fourth-order valence-electron chi connectivity index (χ4n) is 6.77. The third kappa shape index (κ3) is 7.55. The van der Waals surface area contributed by atoms with Gasteiger partial charge in [-0.2, -0.15) is 5.10 Å². The molecule has 2 atom stereocenters. The van der Waals surface area contributed by atoms with Gasteiger partial charge in [-0.05, 0) is 62.1 Å². The number of fused-ring (bicyclic) bond motifs is 1. The maximum Gasteiger partial charge on any atom is 0.255 e. The van der Waals surface area contributed by atoms with Crippen molar-refractivity contribution in [1.82, 2.24) is 35.0 Å². The van der Waals surface area contributed by atoms with Crippen LogP contribution in [-0.2, 0) is 9.47 Å². The second-order valence-electron chi connectivity index (χ2n) is 12.5. The summed E-state index contributed by atoms with van der Waals surface area (Å²) in [6.45, 7) is 4.59. The molecule has 0 radical (unpaired) electrons. The van der Waals surface area contributed by atoms with Gasteiger partial charge in [0.15, 0.2) is 12.1 Å². The standard InChI is InChI=1S/C37H33ClFN7O4.C2H6/c38-23-13-14-33(50-26-19-48-37(49-20-26)22-7-2-1-3-8-22)28(15-23)36(47)43-24-9-6-10-25(16-24)46-32-17-30(34-41-21-42-45-34)40-18-31(32)44-35(46)27-11-4-5-12-29(27)39;1-2/h1-5,7-8,11-15,17-18,21,24-26,37H,6,9-10,16,19-20H2,(H,43,47)(H,41,42,45);1-2H3. The Balaban J connectivity index is 0.00000207. The molecule has 2 aliphatic rings. The van der Waals surface area contributed by atoms with Crippen molar-refractivity contribution in [1.29, 1.82) is 0 Å². The second-order valence-corrected chi connectivity index (χ2v) is 12.9. The minimum Gasteiger partial charge on any atom is -0.485 e. The van der Waals surface area contributed by atoms with Gasteiger partial charge in [0.1, 0.15) is 41.0 Å². The van der Waals surface area contributed by atoms with Gasteiger partial charge in [0.2, 0.25) is 0 Å². The first-order chi connectivity index (χ1) is 25.5. The fourth-order valence-corrected chi connectivity index (χ4v) is 6.94. The number of aromatic nitrogens is 6. The summed E-state index contributed by atoms with van der Waals surface area (Å²) >= 11 is 6.38. The molecular formula is C39H39ClFN7O4. The summed E-state index contributed by atoms with van der Waals surface area (Å²) in [4.78, 5) is 27.5. The Bertz CT molecular complexity index is 2120. The first kappa shape index (κ1) is 35.2. The molecule has 2 N–H and O–H groups in total. The number of H-pyrrole nitrogens is 1. The Kier molecular flexibility index (Phi) is 10.9. The lowest BCUT2D eigenvalue weighted by molar-refractivity contribution is -0.215. The van der Waals surface area contributed by atoms with Gasteiger partial charge >= 0.3 is 0 Å². The third-order valence-corrected chi connectivity index (χ3v) is 9.35. The van der Waals surface area contributed by atoms with E-state index >= 15 is 4.39 Å². The van der Waals surface area contributed by atoms with Crippen molar-refractivity contribution in [3.8, 4) is 28.7 Å². The first-order valence-corrected chi connectivity index (χ1v) is 17.9. The maximum atomic E-state index is 15.2. The number of hydrogen-bond acceptors (Lipinski definition) is 8. The van der Waals surface area contributed by atoms with E-state index in [0.29, 0.717) is 64.4 Å². The van der Waals surface area contributed by atoms with Crippen LogP contribution in [0.5, 0.6) is 5.75 Å². The molecule has 8 rings (SSSR count). The number of nitrogens with one attached hydrogen (secondary N) is 2. The van der Waals surface area contributed by atoms with E-state index in [1.165, 1.54) is 12.4 Å². The van der Waals surface area contributed by atoms with Crippen molar-refractivity contribution < 1.29 is 23.4 Å². The lowest BCUT2D eigenvalue weighted by Gasteiger charge is -2.32. The average Bonchev–Trinajstić information content (AvgIpc) is 3.86. The SMILES string of the molecule is CC.O=C(NC1CCCC(n2c(-c3ccccc3F)nc3cnc(-c4ncn[nH]4)cc32)C1)c1cc(Cl)ccc1OC1COC(c2ccccc2)OC1. The van der Waals surface area contributed by atoms with Crippen LogP contribution in [0, 0.1) is 5.82 Å². The largest absolute Gasteiger partial charge is 0.485 e. The molecule has 3 aromatic carbocycles. The highest BCUT2D eigenvalue weighted by molar-refractivity contribution is 6.31. The van der Waals surface area contributed by atoms with Gasteiger partial charge in [0.05, 0.1) is 36.1 Å². The molecule has 1 saturated heterocycles. The van der Waals surface area contributed by atoms with E-state index < -0.39 is 12.4 Å². The normalized spacial score (nSPS) is 20.2. The zero-order valence-electron chi connectivity index (χ0n) is 28.8. The first-order valence-electron chi connectivity index (χ1n) is 17.5. The van der Waals surface area contributed by atoms with Crippen molar-refractivity contribution in [2.45, 2.75) is 64.0 Å². The lowest BCUT2D eigenvalue weighted by atomic mass is 9.90. The van der Waals surface area contributed by atoms with Crippen molar-refractivity contribution in [2.24, 2.45) is 0 Å². The molecular weight excluding hydrogens is 685 g/mol. The van der Waals surface area contributed by atoms with E-state index in [1.807, 2.05) is 50.2 Å². The number of halogens is 2. The molecule has 11 nitrogen and oxygen atoms in total. The molecule has 52 heavy (non-hydrogen) atoms. The van der Waals surface area contributed by atoms with Crippen LogP contribution in [0.1, 0.15) is 67.8 Å². The van der Waals surface area contributed by atoms with Gasteiger partial charge in [-0.3, -0.25) is 14.9 Å². The quantitative estimate of drug-likeness (QED) is 0.161. The molecule has 2 unspecified atom stereocenters. The molecule has 1 saturated carbocycles. The molecule has 3 aromatic heterocycles. The monoisotopic (exact) mass is 723 g/mol. The number of imidazole rings is 1. The third-order valence-electron chi connectivity index (χ3n) is 9.11. The number of pyridine rings is 1. The smallest absolute Gasteiger partial charge is 0.255 e. The molecule has 1 aliphatic heterocycles. The Morgan fingerprint density at radius 1 is 1.00 bits per heavy atom. The number of aromatic amines is 1. The van der Waals surface area contributed by atoms with Crippen LogP contribution in [0.15, 0.2) is 91.4 Å². The highest BCUT2D eigenvalue weighted by Crippen LogP contribution is 2.38. The second kappa shape index (κ2) is 16.0. The van der Waals surface area contributed by atoms with Crippen LogP contribution >= 0.6 is 11.6 Å². The van der Waals surface area contributed by atoms with Crippen LogP contribution < -0.4 is 10.1 Å². The van der Waals surface area contributed by atoms with Crippen LogP contribution in [0.25, 0.3) is 33.9 Å². The van der Waals surface area contributed by atoms with Crippen molar-refractivity contribution >= 4 is 28.5 Å². The van der Waals surface area contributed by atoms with Gasteiger partial charge in [-0.1, -0.05) is 67.9 Å². The summed E-state index contributed by atoms with van der Waals surface area (Å²) in [6, 6.07) is 22.9. The number of amides is 1. The van der Waals surface area contributed by atoms with E-state index in [0.717, 1.165) is 30.3 Å². The predicted molar refractivity (Wildman–Crippen MR) is 195 cm³/mol.